The highest BCUT2D eigenvalue weighted by molar-refractivity contribution is 6.00. The third kappa shape index (κ3) is 7.95. The largest absolute Gasteiger partial charge is 0.467 e. The zero-order chi connectivity index (χ0) is 20.5. The number of esters is 1. The van der Waals surface area contributed by atoms with Crippen molar-refractivity contribution in [2.45, 2.75) is 52.2 Å². The SMILES string of the molecule is COC(=O)C(C)(CC#CCNC(=O)OC(C)(C)C)N=C(C)c1ccccc1. The summed E-state index contributed by atoms with van der Waals surface area (Å²) in [5.41, 5.74) is -0.0533. The van der Waals surface area contributed by atoms with Gasteiger partial charge in [0.2, 0.25) is 0 Å². The van der Waals surface area contributed by atoms with Gasteiger partial charge in [-0.05, 0) is 40.2 Å². The van der Waals surface area contributed by atoms with Crippen molar-refractivity contribution >= 4 is 17.8 Å². The Bertz CT molecular complexity index is 739. The van der Waals surface area contributed by atoms with Crippen molar-refractivity contribution in [1.82, 2.24) is 5.32 Å². The number of hydrogen-bond donors (Lipinski definition) is 1. The van der Waals surface area contributed by atoms with Crippen molar-refractivity contribution in [3.05, 3.63) is 35.9 Å². The van der Waals surface area contributed by atoms with Gasteiger partial charge in [0.1, 0.15) is 5.60 Å². The van der Waals surface area contributed by atoms with E-state index in [1.54, 1.807) is 27.7 Å². The van der Waals surface area contributed by atoms with Crippen molar-refractivity contribution in [2.75, 3.05) is 13.7 Å². The van der Waals surface area contributed by atoms with Gasteiger partial charge in [-0.2, -0.15) is 0 Å². The van der Waals surface area contributed by atoms with Gasteiger partial charge in [0.25, 0.3) is 0 Å². The van der Waals surface area contributed by atoms with Crippen LogP contribution in [-0.2, 0) is 14.3 Å². The summed E-state index contributed by atoms with van der Waals surface area (Å²) in [5.74, 6) is 5.23. The predicted octanol–water partition coefficient (Wildman–Crippen LogP) is 3.35. The maximum absolute atomic E-state index is 12.2. The molecule has 0 aliphatic carbocycles. The average Bonchev–Trinajstić information content (AvgIpc) is 2.59. The number of rotatable bonds is 5. The summed E-state index contributed by atoms with van der Waals surface area (Å²) in [6.45, 7) is 9.00. The molecule has 1 aromatic carbocycles. The summed E-state index contributed by atoms with van der Waals surface area (Å²) >= 11 is 0. The summed E-state index contributed by atoms with van der Waals surface area (Å²) in [5, 5.41) is 2.55. The second-order valence-corrected chi connectivity index (χ2v) is 7.21. The molecule has 0 aromatic heterocycles. The topological polar surface area (TPSA) is 77.0 Å². The van der Waals surface area contributed by atoms with Crippen LogP contribution in [0.25, 0.3) is 0 Å². The van der Waals surface area contributed by atoms with E-state index < -0.39 is 23.2 Å². The maximum Gasteiger partial charge on any atom is 0.408 e. The lowest BCUT2D eigenvalue weighted by atomic mass is 9.98. The van der Waals surface area contributed by atoms with Crippen LogP contribution in [0.4, 0.5) is 4.79 Å². The molecule has 0 spiro atoms. The molecule has 146 valence electrons. The van der Waals surface area contributed by atoms with Crippen LogP contribution in [-0.4, -0.2) is 42.6 Å². The van der Waals surface area contributed by atoms with Crippen LogP contribution >= 0.6 is 0 Å². The summed E-state index contributed by atoms with van der Waals surface area (Å²) in [6, 6.07) is 9.58. The Labute approximate surface area is 161 Å². The molecule has 1 aromatic rings. The van der Waals surface area contributed by atoms with Crippen molar-refractivity contribution in [2.24, 2.45) is 4.99 Å². The minimum Gasteiger partial charge on any atom is -0.467 e. The Morgan fingerprint density at radius 2 is 1.74 bits per heavy atom. The first-order chi connectivity index (χ1) is 12.6. The Morgan fingerprint density at radius 1 is 1.11 bits per heavy atom. The van der Waals surface area contributed by atoms with E-state index >= 15 is 0 Å². The highest BCUT2D eigenvalue weighted by Gasteiger charge is 2.33. The van der Waals surface area contributed by atoms with Gasteiger partial charge < -0.3 is 14.8 Å². The van der Waals surface area contributed by atoms with Crippen molar-refractivity contribution in [1.29, 1.82) is 0 Å². The minimum atomic E-state index is -1.13. The van der Waals surface area contributed by atoms with Crippen LogP contribution < -0.4 is 5.32 Å². The number of ether oxygens (including phenoxy) is 2. The van der Waals surface area contributed by atoms with Crippen LogP contribution in [0.3, 0.4) is 0 Å². The van der Waals surface area contributed by atoms with Gasteiger partial charge in [0.15, 0.2) is 5.54 Å². The van der Waals surface area contributed by atoms with Crippen LogP contribution in [0.1, 0.15) is 46.6 Å². The summed E-state index contributed by atoms with van der Waals surface area (Å²) in [4.78, 5) is 28.4. The first kappa shape index (κ1) is 22.2. The van der Waals surface area contributed by atoms with Gasteiger partial charge in [0, 0.05) is 12.1 Å². The van der Waals surface area contributed by atoms with Crippen LogP contribution in [0, 0.1) is 11.8 Å². The fourth-order valence-electron chi connectivity index (χ4n) is 2.22. The summed E-state index contributed by atoms with van der Waals surface area (Å²) in [7, 11) is 1.32. The molecule has 0 radical (unpaired) electrons. The average molecular weight is 372 g/mol. The zero-order valence-corrected chi connectivity index (χ0v) is 16.9. The Morgan fingerprint density at radius 3 is 2.30 bits per heavy atom. The van der Waals surface area contributed by atoms with Gasteiger partial charge in [-0.1, -0.05) is 42.2 Å². The molecule has 1 rings (SSSR count). The lowest BCUT2D eigenvalue weighted by molar-refractivity contribution is -0.146. The fourth-order valence-corrected chi connectivity index (χ4v) is 2.22. The quantitative estimate of drug-likeness (QED) is 0.488. The molecule has 0 fully saturated rings. The van der Waals surface area contributed by atoms with E-state index in [0.717, 1.165) is 11.3 Å². The van der Waals surface area contributed by atoms with Gasteiger partial charge in [-0.25, -0.2) is 9.59 Å². The van der Waals surface area contributed by atoms with Crippen molar-refractivity contribution < 1.29 is 19.1 Å². The number of benzene rings is 1. The van der Waals surface area contributed by atoms with E-state index in [1.807, 2.05) is 37.3 Å². The normalized spacial score (nSPS) is 13.6. The molecule has 0 saturated heterocycles. The Balaban J connectivity index is 2.79. The van der Waals surface area contributed by atoms with Crippen LogP contribution in [0.2, 0.25) is 0 Å². The molecule has 6 nitrogen and oxygen atoms in total. The number of nitrogens with zero attached hydrogens (tertiary/aromatic N) is 1. The molecule has 0 aliphatic heterocycles. The number of amides is 1. The van der Waals surface area contributed by atoms with E-state index in [4.69, 9.17) is 9.47 Å². The number of methoxy groups -OCH3 is 1. The number of hydrogen-bond acceptors (Lipinski definition) is 5. The van der Waals surface area contributed by atoms with Crippen LogP contribution in [0.5, 0.6) is 0 Å². The molecule has 1 atom stereocenters. The molecular weight excluding hydrogens is 344 g/mol. The monoisotopic (exact) mass is 372 g/mol. The lowest BCUT2D eigenvalue weighted by Crippen LogP contribution is -2.35. The highest BCUT2D eigenvalue weighted by atomic mass is 16.6. The second kappa shape index (κ2) is 9.77. The summed E-state index contributed by atoms with van der Waals surface area (Å²) in [6.07, 6.45) is -0.370. The van der Waals surface area contributed by atoms with E-state index in [9.17, 15) is 9.59 Å². The van der Waals surface area contributed by atoms with Crippen molar-refractivity contribution in [3.8, 4) is 11.8 Å². The molecule has 1 amide bonds. The molecule has 27 heavy (non-hydrogen) atoms. The van der Waals surface area contributed by atoms with Crippen LogP contribution in [0.15, 0.2) is 35.3 Å². The van der Waals surface area contributed by atoms with E-state index in [-0.39, 0.29) is 13.0 Å². The number of aliphatic imine (C=N–C) groups is 1. The molecule has 0 saturated carbocycles. The summed E-state index contributed by atoms with van der Waals surface area (Å²) < 4.78 is 10.0. The minimum absolute atomic E-state index is 0.119. The van der Waals surface area contributed by atoms with Gasteiger partial charge in [-0.15, -0.1) is 0 Å². The standard InChI is InChI=1S/C21H28N2O4/c1-16(17-12-8-7-9-13-17)23-21(5,18(24)26-6)14-10-11-15-22-19(25)27-20(2,3)4/h7-9,12-13H,14-15H2,1-6H3,(H,22,25). The number of carbonyl (C=O) groups excluding carboxylic acids is 2. The molecule has 1 N–H and O–H groups in total. The Kier molecular flexibility index (Phi) is 8.04. The highest BCUT2D eigenvalue weighted by Crippen LogP contribution is 2.19. The lowest BCUT2D eigenvalue weighted by Gasteiger charge is -2.21. The zero-order valence-electron chi connectivity index (χ0n) is 16.9. The molecule has 1 unspecified atom stereocenters. The van der Waals surface area contributed by atoms with E-state index in [1.165, 1.54) is 7.11 Å². The molecule has 6 heteroatoms. The van der Waals surface area contributed by atoms with Gasteiger partial charge >= 0.3 is 12.1 Å². The third-order valence-corrected chi connectivity index (χ3v) is 3.51. The first-order valence-corrected chi connectivity index (χ1v) is 8.70. The van der Waals surface area contributed by atoms with Gasteiger partial charge in [-0.3, -0.25) is 4.99 Å². The third-order valence-electron chi connectivity index (χ3n) is 3.51. The second-order valence-electron chi connectivity index (χ2n) is 7.21. The smallest absolute Gasteiger partial charge is 0.408 e. The molecule has 0 bridgehead atoms. The van der Waals surface area contributed by atoms with E-state index in [2.05, 4.69) is 22.2 Å². The number of alkyl carbamates (subject to hydrolysis) is 1. The molecular formula is C21H28N2O4. The molecule has 0 heterocycles. The predicted molar refractivity (Wildman–Crippen MR) is 106 cm³/mol. The molecule has 0 aliphatic rings. The number of nitrogens with one attached hydrogen (secondary N) is 1. The van der Waals surface area contributed by atoms with Crippen molar-refractivity contribution in [3.63, 3.8) is 0 Å². The first-order valence-electron chi connectivity index (χ1n) is 8.70. The number of carbonyl (C=O) groups is 2. The fraction of sp³-hybridized carbons (Fsp3) is 0.476. The maximum atomic E-state index is 12.2. The Hall–Kier alpha value is -2.81. The van der Waals surface area contributed by atoms with E-state index in [0.29, 0.717) is 0 Å². The van der Waals surface area contributed by atoms with Gasteiger partial charge in [0.05, 0.1) is 13.7 Å².